The van der Waals surface area contributed by atoms with Crippen molar-refractivity contribution in [1.29, 1.82) is 0 Å². The Bertz CT molecular complexity index is 455. The maximum Gasteiger partial charge on any atom is 0.248 e. The topological polar surface area (TPSA) is 81.4 Å². The monoisotopic (exact) mass is 248 g/mol. The van der Waals surface area contributed by atoms with Gasteiger partial charge in [-0.3, -0.25) is 9.59 Å². The number of hydrogen-bond donors (Lipinski definition) is 2. The van der Waals surface area contributed by atoms with Gasteiger partial charge in [0.25, 0.3) is 0 Å². The molecule has 0 aliphatic carbocycles. The first-order chi connectivity index (χ1) is 8.63. The molecule has 96 valence electrons. The predicted molar refractivity (Wildman–Crippen MR) is 69.2 cm³/mol. The number of anilines is 1. The molecule has 1 aromatic carbocycles. The highest BCUT2D eigenvalue weighted by atomic mass is 16.5. The lowest BCUT2D eigenvalue weighted by Crippen LogP contribution is -2.15. The molecule has 0 aromatic heterocycles. The summed E-state index contributed by atoms with van der Waals surface area (Å²) < 4.78 is 5.39. The minimum Gasteiger partial charge on any atom is -0.491 e. The first-order valence-corrected chi connectivity index (χ1v) is 5.57. The van der Waals surface area contributed by atoms with Crippen molar-refractivity contribution < 1.29 is 14.3 Å². The average molecular weight is 248 g/mol. The van der Waals surface area contributed by atoms with E-state index in [-0.39, 0.29) is 18.9 Å². The van der Waals surface area contributed by atoms with Crippen molar-refractivity contribution in [2.24, 2.45) is 5.73 Å². The Labute approximate surface area is 106 Å². The molecule has 0 bridgehead atoms. The number of rotatable bonds is 6. The van der Waals surface area contributed by atoms with Crippen LogP contribution in [0, 0.1) is 0 Å². The third-order valence-corrected chi connectivity index (χ3v) is 2.07. The zero-order valence-corrected chi connectivity index (χ0v) is 10.2. The van der Waals surface area contributed by atoms with E-state index in [0.29, 0.717) is 11.4 Å². The summed E-state index contributed by atoms with van der Waals surface area (Å²) in [4.78, 5) is 22.0. The second kappa shape index (κ2) is 7.11. The summed E-state index contributed by atoms with van der Waals surface area (Å²) in [6.07, 6.45) is 3.20. The van der Waals surface area contributed by atoms with Gasteiger partial charge in [0.05, 0.1) is 18.7 Å². The van der Waals surface area contributed by atoms with Crippen LogP contribution in [0.25, 0.3) is 0 Å². The Morgan fingerprint density at radius 3 is 2.78 bits per heavy atom. The predicted octanol–water partition coefficient (Wildman–Crippen LogP) is 1.46. The fourth-order valence-corrected chi connectivity index (χ4v) is 1.28. The van der Waals surface area contributed by atoms with Crippen LogP contribution in [0.3, 0.4) is 0 Å². The minimum atomic E-state index is -0.426. The molecule has 18 heavy (non-hydrogen) atoms. The number of primary amides is 1. The molecule has 5 heteroatoms. The van der Waals surface area contributed by atoms with E-state index < -0.39 is 5.91 Å². The van der Waals surface area contributed by atoms with E-state index in [9.17, 15) is 9.59 Å². The smallest absolute Gasteiger partial charge is 0.248 e. The van der Waals surface area contributed by atoms with E-state index in [0.717, 1.165) is 0 Å². The summed E-state index contributed by atoms with van der Waals surface area (Å²) in [6, 6.07) is 7.00. The molecule has 0 unspecified atom stereocenters. The molecule has 1 rings (SSSR count). The summed E-state index contributed by atoms with van der Waals surface area (Å²) in [6.45, 7) is 1.95. The zero-order chi connectivity index (χ0) is 13.4. The van der Waals surface area contributed by atoms with Crippen molar-refractivity contribution >= 4 is 17.5 Å². The maximum atomic E-state index is 11.4. The number of ether oxygens (including phenoxy) is 1. The Morgan fingerprint density at radius 1 is 1.39 bits per heavy atom. The van der Waals surface area contributed by atoms with E-state index in [1.54, 1.807) is 37.3 Å². The van der Waals surface area contributed by atoms with Crippen molar-refractivity contribution in [2.75, 3.05) is 11.9 Å². The highest BCUT2D eigenvalue weighted by Crippen LogP contribution is 2.23. The summed E-state index contributed by atoms with van der Waals surface area (Å²) in [5, 5.41) is 2.68. The van der Waals surface area contributed by atoms with Gasteiger partial charge >= 0.3 is 0 Å². The molecule has 0 spiro atoms. The summed E-state index contributed by atoms with van der Waals surface area (Å²) in [5.41, 5.74) is 5.58. The van der Waals surface area contributed by atoms with Gasteiger partial charge in [0, 0.05) is 0 Å². The zero-order valence-electron chi connectivity index (χ0n) is 10.2. The standard InChI is InChI=1S/C13H16N2O3/c1-2-5-13(17)15-10-6-3-4-7-11(10)18-9-8-12(14)16/h2-7H,8-9H2,1H3,(H2,14,16)(H,15,17). The van der Waals surface area contributed by atoms with E-state index in [4.69, 9.17) is 10.5 Å². The second-order valence-electron chi connectivity index (χ2n) is 3.55. The van der Waals surface area contributed by atoms with Crippen molar-refractivity contribution in [3.8, 4) is 5.75 Å². The number of carbonyl (C=O) groups excluding carboxylic acids is 2. The number of allylic oxidation sites excluding steroid dienone is 1. The van der Waals surface area contributed by atoms with Gasteiger partial charge in [-0.2, -0.15) is 0 Å². The molecular formula is C13H16N2O3. The van der Waals surface area contributed by atoms with Crippen molar-refractivity contribution in [1.82, 2.24) is 0 Å². The molecule has 0 saturated heterocycles. The Kier molecular flexibility index (Phi) is 5.44. The van der Waals surface area contributed by atoms with Crippen LogP contribution in [-0.2, 0) is 9.59 Å². The third-order valence-electron chi connectivity index (χ3n) is 2.07. The van der Waals surface area contributed by atoms with Crippen LogP contribution in [0.2, 0.25) is 0 Å². The van der Waals surface area contributed by atoms with E-state index in [1.165, 1.54) is 6.08 Å². The first kappa shape index (κ1) is 13.8. The molecule has 0 radical (unpaired) electrons. The molecular weight excluding hydrogens is 232 g/mol. The fourth-order valence-electron chi connectivity index (χ4n) is 1.28. The number of nitrogens with two attached hydrogens (primary N) is 1. The van der Waals surface area contributed by atoms with Crippen molar-refractivity contribution in [2.45, 2.75) is 13.3 Å². The van der Waals surface area contributed by atoms with E-state index >= 15 is 0 Å². The van der Waals surface area contributed by atoms with Crippen LogP contribution in [0.1, 0.15) is 13.3 Å². The number of amides is 2. The molecule has 0 saturated carbocycles. The fraction of sp³-hybridized carbons (Fsp3) is 0.231. The van der Waals surface area contributed by atoms with Crippen LogP contribution >= 0.6 is 0 Å². The SMILES string of the molecule is CC=CC(=O)Nc1ccccc1OCCC(N)=O. The number of nitrogens with one attached hydrogen (secondary N) is 1. The van der Waals surface area contributed by atoms with Gasteiger partial charge in [-0.1, -0.05) is 18.2 Å². The molecule has 2 amide bonds. The lowest BCUT2D eigenvalue weighted by atomic mass is 10.3. The van der Waals surface area contributed by atoms with Gasteiger partial charge in [-0.25, -0.2) is 0 Å². The Hall–Kier alpha value is -2.30. The first-order valence-electron chi connectivity index (χ1n) is 5.57. The molecule has 0 heterocycles. The van der Waals surface area contributed by atoms with E-state index in [1.807, 2.05) is 0 Å². The normalized spacial score (nSPS) is 10.3. The van der Waals surface area contributed by atoms with Crippen LogP contribution < -0.4 is 15.8 Å². The molecule has 0 atom stereocenters. The molecule has 5 nitrogen and oxygen atoms in total. The van der Waals surface area contributed by atoms with Crippen LogP contribution in [-0.4, -0.2) is 18.4 Å². The van der Waals surface area contributed by atoms with Crippen molar-refractivity contribution in [3.05, 3.63) is 36.4 Å². The highest BCUT2D eigenvalue weighted by molar-refractivity contribution is 6.00. The highest BCUT2D eigenvalue weighted by Gasteiger charge is 2.05. The molecule has 3 N–H and O–H groups in total. The van der Waals surface area contributed by atoms with Gasteiger partial charge in [-0.05, 0) is 25.1 Å². The second-order valence-corrected chi connectivity index (χ2v) is 3.55. The maximum absolute atomic E-state index is 11.4. The Balaban J connectivity index is 2.67. The quantitative estimate of drug-likeness (QED) is 0.748. The van der Waals surface area contributed by atoms with Crippen LogP contribution in [0.15, 0.2) is 36.4 Å². The lowest BCUT2D eigenvalue weighted by molar-refractivity contribution is -0.118. The van der Waals surface area contributed by atoms with Crippen molar-refractivity contribution in [3.63, 3.8) is 0 Å². The van der Waals surface area contributed by atoms with Gasteiger partial charge in [0.15, 0.2) is 0 Å². The Morgan fingerprint density at radius 2 is 2.11 bits per heavy atom. The number of para-hydroxylation sites is 2. The van der Waals surface area contributed by atoms with Crippen LogP contribution in [0.5, 0.6) is 5.75 Å². The van der Waals surface area contributed by atoms with Gasteiger partial charge < -0.3 is 15.8 Å². The summed E-state index contributed by atoms with van der Waals surface area (Å²) in [5.74, 6) is -0.148. The van der Waals surface area contributed by atoms with Gasteiger partial charge in [-0.15, -0.1) is 0 Å². The molecule has 1 aromatic rings. The number of benzene rings is 1. The summed E-state index contributed by atoms with van der Waals surface area (Å²) in [7, 11) is 0. The van der Waals surface area contributed by atoms with Crippen LogP contribution in [0.4, 0.5) is 5.69 Å². The molecule has 0 aliphatic heterocycles. The lowest BCUT2D eigenvalue weighted by Gasteiger charge is -2.10. The molecule has 0 fully saturated rings. The van der Waals surface area contributed by atoms with Gasteiger partial charge in [0.1, 0.15) is 5.75 Å². The third kappa shape index (κ3) is 4.69. The van der Waals surface area contributed by atoms with Gasteiger partial charge in [0.2, 0.25) is 11.8 Å². The molecule has 0 aliphatic rings. The number of hydrogen-bond acceptors (Lipinski definition) is 3. The summed E-state index contributed by atoms with van der Waals surface area (Å²) >= 11 is 0. The largest absolute Gasteiger partial charge is 0.491 e. The minimum absolute atomic E-state index is 0.136. The number of carbonyl (C=O) groups is 2. The average Bonchev–Trinajstić information content (AvgIpc) is 2.31. The van der Waals surface area contributed by atoms with E-state index in [2.05, 4.69) is 5.32 Å².